The van der Waals surface area contributed by atoms with Gasteiger partial charge in [-0.3, -0.25) is 4.79 Å². The highest BCUT2D eigenvalue weighted by Gasteiger charge is 2.58. The molecule has 1 saturated carbocycles. The number of aliphatic hydroxyl groups excluding tert-OH is 2. The Hall–Kier alpha value is -3.21. The summed E-state index contributed by atoms with van der Waals surface area (Å²) in [6.07, 6.45) is 1.52. The first-order valence-corrected chi connectivity index (χ1v) is 11.2. The number of nitrogen functional groups attached to an aromatic ring is 1. The van der Waals surface area contributed by atoms with Gasteiger partial charge in [0.2, 0.25) is 5.91 Å². The molecule has 0 bridgehead atoms. The van der Waals surface area contributed by atoms with Gasteiger partial charge >= 0.3 is 0 Å². The standard InChI is InChI=1S/C23H20BClN6O3/c24-14-5-11-1-2-12(6-15(11)29-20(14)25)31-9-23(8-17(31)32)7-16(18(33)19(23)34)30-4-3-13-21(26)27-10-28-22(13)30/h1-6,10,16,18-19,33-34H,7-9H2,(H2,26,27,28)/t16-,18+,19+,23+/m1/s1. The first-order chi connectivity index (χ1) is 16.3. The summed E-state index contributed by atoms with van der Waals surface area (Å²) in [5.41, 5.74) is 7.39. The minimum Gasteiger partial charge on any atom is -0.390 e. The van der Waals surface area contributed by atoms with Gasteiger partial charge in [-0.15, -0.1) is 0 Å². The molecule has 1 spiro atoms. The van der Waals surface area contributed by atoms with E-state index in [9.17, 15) is 15.0 Å². The summed E-state index contributed by atoms with van der Waals surface area (Å²) < 4.78 is 1.81. The van der Waals surface area contributed by atoms with Crippen LogP contribution in [0.25, 0.3) is 21.9 Å². The van der Waals surface area contributed by atoms with E-state index >= 15 is 0 Å². The molecule has 1 amide bonds. The molecule has 170 valence electrons. The molecule has 11 heteroatoms. The van der Waals surface area contributed by atoms with Gasteiger partial charge < -0.3 is 25.4 Å². The van der Waals surface area contributed by atoms with Crippen molar-refractivity contribution in [2.75, 3.05) is 17.2 Å². The molecule has 2 aliphatic rings. The van der Waals surface area contributed by atoms with Crippen molar-refractivity contribution in [2.24, 2.45) is 5.41 Å². The van der Waals surface area contributed by atoms with Crippen LogP contribution in [0.2, 0.25) is 5.15 Å². The van der Waals surface area contributed by atoms with Gasteiger partial charge in [0.1, 0.15) is 36.9 Å². The van der Waals surface area contributed by atoms with Gasteiger partial charge in [-0.1, -0.05) is 29.2 Å². The monoisotopic (exact) mass is 474 g/mol. The maximum atomic E-state index is 13.1. The van der Waals surface area contributed by atoms with Gasteiger partial charge in [0.05, 0.1) is 23.0 Å². The van der Waals surface area contributed by atoms with Gasteiger partial charge in [0.25, 0.3) is 0 Å². The molecule has 34 heavy (non-hydrogen) atoms. The number of hydrogen-bond donors (Lipinski definition) is 3. The fourth-order valence-electron chi connectivity index (χ4n) is 5.49. The second-order valence-corrected chi connectivity index (χ2v) is 9.55. The van der Waals surface area contributed by atoms with Crippen molar-refractivity contribution in [1.82, 2.24) is 19.5 Å². The summed E-state index contributed by atoms with van der Waals surface area (Å²) in [7, 11) is 5.84. The zero-order valence-corrected chi connectivity index (χ0v) is 18.7. The van der Waals surface area contributed by atoms with Crippen LogP contribution >= 0.6 is 11.6 Å². The molecule has 2 radical (unpaired) electrons. The summed E-state index contributed by atoms with van der Waals surface area (Å²) in [6, 6.07) is 8.51. The number of nitrogens with zero attached hydrogens (tertiary/aromatic N) is 5. The third kappa shape index (κ3) is 3.02. The molecule has 4 aromatic rings. The van der Waals surface area contributed by atoms with Gasteiger partial charge in [-0.25, -0.2) is 15.0 Å². The van der Waals surface area contributed by atoms with E-state index in [0.717, 1.165) is 5.39 Å². The van der Waals surface area contributed by atoms with Gasteiger partial charge in [-0.2, -0.15) is 0 Å². The molecule has 4 atom stereocenters. The van der Waals surface area contributed by atoms with Gasteiger partial charge in [0, 0.05) is 30.3 Å². The Kier molecular flexibility index (Phi) is 4.64. The normalized spacial score (nSPS) is 27.0. The highest BCUT2D eigenvalue weighted by Crippen LogP contribution is 2.52. The van der Waals surface area contributed by atoms with Crippen LogP contribution in [0.5, 0.6) is 0 Å². The lowest BCUT2D eigenvalue weighted by Crippen LogP contribution is -2.38. The average molecular weight is 475 g/mol. The molecular formula is C23H20BClN6O3. The Bertz CT molecular complexity index is 1480. The highest BCUT2D eigenvalue weighted by atomic mass is 35.5. The van der Waals surface area contributed by atoms with Crippen LogP contribution in [0.1, 0.15) is 18.9 Å². The van der Waals surface area contributed by atoms with E-state index in [2.05, 4.69) is 15.0 Å². The van der Waals surface area contributed by atoms with Crippen molar-refractivity contribution < 1.29 is 15.0 Å². The second-order valence-electron chi connectivity index (χ2n) is 9.19. The zero-order valence-electron chi connectivity index (χ0n) is 18.0. The van der Waals surface area contributed by atoms with Crippen LogP contribution in [0, 0.1) is 5.41 Å². The quantitative estimate of drug-likeness (QED) is 0.293. The lowest BCUT2D eigenvalue weighted by molar-refractivity contribution is -0.118. The smallest absolute Gasteiger partial charge is 0.227 e. The van der Waals surface area contributed by atoms with Crippen LogP contribution in [-0.4, -0.2) is 62.2 Å². The van der Waals surface area contributed by atoms with Gasteiger partial charge in [-0.05, 0) is 30.0 Å². The molecule has 9 nitrogen and oxygen atoms in total. The summed E-state index contributed by atoms with van der Waals surface area (Å²) in [5.74, 6) is 0.220. The zero-order chi connectivity index (χ0) is 23.8. The lowest BCUT2D eigenvalue weighted by atomic mass is 9.82. The molecule has 0 unspecified atom stereocenters. The van der Waals surface area contributed by atoms with E-state index < -0.39 is 23.7 Å². The molecule has 4 heterocycles. The third-order valence-electron chi connectivity index (χ3n) is 7.23. The number of pyridine rings is 1. The minimum absolute atomic E-state index is 0.117. The van der Waals surface area contributed by atoms with Gasteiger partial charge in [0.15, 0.2) is 0 Å². The lowest BCUT2D eigenvalue weighted by Gasteiger charge is -2.27. The molecular weight excluding hydrogens is 455 g/mol. The van der Waals surface area contributed by atoms with E-state index in [4.69, 9.17) is 25.2 Å². The Balaban J connectivity index is 1.34. The number of nitrogens with two attached hydrogens (primary N) is 1. The Morgan fingerprint density at radius 3 is 2.85 bits per heavy atom. The topological polar surface area (TPSA) is 130 Å². The maximum absolute atomic E-state index is 13.1. The Labute approximate surface area is 200 Å². The molecule has 1 aliphatic heterocycles. The molecule has 2 fully saturated rings. The van der Waals surface area contributed by atoms with Crippen molar-refractivity contribution in [3.63, 3.8) is 0 Å². The van der Waals surface area contributed by atoms with Crippen molar-refractivity contribution in [3.05, 3.63) is 48.0 Å². The predicted molar refractivity (Wildman–Crippen MR) is 129 cm³/mol. The molecule has 1 aromatic carbocycles. The van der Waals surface area contributed by atoms with Crippen molar-refractivity contribution in [1.29, 1.82) is 0 Å². The number of hydrogen-bond acceptors (Lipinski definition) is 7. The van der Waals surface area contributed by atoms with E-state index in [0.29, 0.717) is 39.9 Å². The Morgan fingerprint density at radius 2 is 2.03 bits per heavy atom. The van der Waals surface area contributed by atoms with Crippen LogP contribution in [-0.2, 0) is 4.79 Å². The van der Waals surface area contributed by atoms with E-state index in [1.807, 2.05) is 16.7 Å². The molecule has 4 N–H and O–H groups in total. The Morgan fingerprint density at radius 1 is 1.21 bits per heavy atom. The number of aliphatic hydroxyl groups is 2. The number of fused-ring (bicyclic) bond motifs is 2. The fourth-order valence-corrected chi connectivity index (χ4v) is 5.64. The number of rotatable bonds is 2. The molecule has 1 aliphatic carbocycles. The van der Waals surface area contributed by atoms with Crippen molar-refractivity contribution in [2.45, 2.75) is 31.1 Å². The largest absolute Gasteiger partial charge is 0.390 e. The number of anilines is 2. The predicted octanol–water partition coefficient (Wildman–Crippen LogP) is 1.10. The summed E-state index contributed by atoms with van der Waals surface area (Å²) in [4.78, 5) is 27.4. The average Bonchev–Trinajstić information content (AvgIpc) is 3.45. The number of amides is 1. The summed E-state index contributed by atoms with van der Waals surface area (Å²) >= 11 is 6.08. The van der Waals surface area contributed by atoms with Crippen LogP contribution < -0.4 is 16.1 Å². The van der Waals surface area contributed by atoms with Crippen molar-refractivity contribution >= 4 is 64.3 Å². The molecule has 3 aromatic heterocycles. The van der Waals surface area contributed by atoms with Crippen molar-refractivity contribution in [3.8, 4) is 0 Å². The first kappa shape index (κ1) is 21.3. The number of benzene rings is 1. The number of aromatic nitrogens is 4. The van der Waals surface area contributed by atoms with E-state index in [-0.39, 0.29) is 24.0 Å². The number of halogens is 1. The van der Waals surface area contributed by atoms with E-state index in [1.165, 1.54) is 6.33 Å². The van der Waals surface area contributed by atoms with E-state index in [1.54, 1.807) is 29.3 Å². The SMILES string of the molecule is [B]c1cc2ccc(N3C[C@@]4(CC3=O)C[C@@H](n3ccc5c(N)ncnc53)[C@H](O)[C@@H]4O)cc2nc1Cl. The second kappa shape index (κ2) is 7.40. The summed E-state index contributed by atoms with van der Waals surface area (Å²) in [5, 5.41) is 23.8. The van der Waals surface area contributed by atoms with Crippen LogP contribution in [0.4, 0.5) is 11.5 Å². The first-order valence-electron chi connectivity index (χ1n) is 10.9. The van der Waals surface area contributed by atoms with Crippen LogP contribution in [0.3, 0.4) is 0 Å². The molecule has 6 rings (SSSR count). The number of carbonyl (C=O) groups excluding carboxylic acids is 1. The summed E-state index contributed by atoms with van der Waals surface area (Å²) in [6.45, 7) is 0.269. The maximum Gasteiger partial charge on any atom is 0.227 e. The minimum atomic E-state index is -1.09. The highest BCUT2D eigenvalue weighted by molar-refractivity contribution is 6.44. The number of carbonyl (C=O) groups is 1. The van der Waals surface area contributed by atoms with Crippen LogP contribution in [0.15, 0.2) is 42.9 Å². The third-order valence-corrected chi connectivity index (χ3v) is 7.53. The fraction of sp³-hybridized carbons (Fsp3) is 0.304. The molecule has 1 saturated heterocycles.